The lowest BCUT2D eigenvalue weighted by atomic mass is 10.1. The molecule has 8 nitrogen and oxygen atoms in total. The zero-order chi connectivity index (χ0) is 16.7. The number of nitrogens with two attached hydrogens (primary N) is 1. The predicted octanol–water partition coefficient (Wildman–Crippen LogP) is 2.21. The van der Waals surface area contributed by atoms with Crippen LogP contribution < -0.4 is 10.5 Å². The number of hydrogen-bond donors (Lipinski definition) is 2. The van der Waals surface area contributed by atoms with Crippen LogP contribution in [-0.4, -0.2) is 37.0 Å². The van der Waals surface area contributed by atoms with Crippen LogP contribution in [0.3, 0.4) is 0 Å². The summed E-state index contributed by atoms with van der Waals surface area (Å²) in [6.45, 7) is 0. The second-order valence-corrected chi connectivity index (χ2v) is 5.82. The number of rotatable bonds is 3. The highest BCUT2D eigenvalue weighted by Crippen LogP contribution is 2.31. The van der Waals surface area contributed by atoms with Crippen molar-refractivity contribution < 1.29 is 9.84 Å². The van der Waals surface area contributed by atoms with Crippen molar-refractivity contribution in [2.24, 2.45) is 0 Å². The van der Waals surface area contributed by atoms with E-state index in [4.69, 9.17) is 10.5 Å². The minimum Gasteiger partial charge on any atom is -0.497 e. The molecule has 24 heavy (non-hydrogen) atoms. The maximum Gasteiger partial charge on any atom is 0.222 e. The van der Waals surface area contributed by atoms with Crippen LogP contribution in [0.15, 0.2) is 35.8 Å². The van der Waals surface area contributed by atoms with Crippen LogP contribution in [0, 0.1) is 0 Å². The van der Waals surface area contributed by atoms with E-state index in [0.29, 0.717) is 22.2 Å². The molecule has 0 aliphatic heterocycles. The number of methoxy groups -OCH3 is 1. The van der Waals surface area contributed by atoms with E-state index in [0.717, 1.165) is 16.9 Å². The third kappa shape index (κ3) is 2.22. The van der Waals surface area contributed by atoms with Crippen LogP contribution in [-0.2, 0) is 0 Å². The normalized spacial score (nSPS) is 11.0. The van der Waals surface area contributed by atoms with Gasteiger partial charge in [-0.25, -0.2) is 0 Å². The lowest BCUT2D eigenvalue weighted by molar-refractivity contribution is 0.415. The van der Waals surface area contributed by atoms with Gasteiger partial charge in [-0.3, -0.25) is 0 Å². The highest BCUT2D eigenvalue weighted by Gasteiger charge is 2.17. The number of fused-ring (bicyclic) bond motifs is 1. The smallest absolute Gasteiger partial charge is 0.222 e. The van der Waals surface area contributed by atoms with E-state index in [1.807, 2.05) is 24.3 Å². The van der Waals surface area contributed by atoms with E-state index < -0.39 is 0 Å². The van der Waals surface area contributed by atoms with Crippen LogP contribution in [0.2, 0.25) is 0 Å². The zero-order valence-electron chi connectivity index (χ0n) is 12.5. The highest BCUT2D eigenvalue weighted by molar-refractivity contribution is 7.13. The fourth-order valence-corrected chi connectivity index (χ4v) is 3.04. The summed E-state index contributed by atoms with van der Waals surface area (Å²) >= 11 is 1.23. The summed E-state index contributed by atoms with van der Waals surface area (Å²) in [5, 5.41) is 24.1. The summed E-state index contributed by atoms with van der Waals surface area (Å²) in [7, 11) is 1.62. The van der Waals surface area contributed by atoms with Gasteiger partial charge in [0, 0.05) is 5.56 Å². The van der Waals surface area contributed by atoms with Gasteiger partial charge >= 0.3 is 0 Å². The van der Waals surface area contributed by atoms with Gasteiger partial charge in [-0.2, -0.15) is 14.6 Å². The molecule has 0 aliphatic carbocycles. The van der Waals surface area contributed by atoms with E-state index in [2.05, 4.69) is 20.3 Å². The molecule has 0 fully saturated rings. The van der Waals surface area contributed by atoms with Crippen molar-refractivity contribution in [3.05, 3.63) is 35.8 Å². The lowest BCUT2D eigenvalue weighted by Gasteiger charge is -2.04. The molecule has 120 valence electrons. The maximum atomic E-state index is 9.39. The molecule has 0 amide bonds. The second-order valence-electron chi connectivity index (χ2n) is 4.97. The van der Waals surface area contributed by atoms with Gasteiger partial charge in [-0.15, -0.1) is 21.5 Å². The van der Waals surface area contributed by atoms with Gasteiger partial charge in [0.2, 0.25) is 5.88 Å². The maximum absolute atomic E-state index is 9.39. The molecule has 0 unspecified atom stereocenters. The Morgan fingerprint density at radius 3 is 2.67 bits per heavy atom. The summed E-state index contributed by atoms with van der Waals surface area (Å²) in [5.41, 5.74) is 8.83. The minimum atomic E-state index is -0.0734. The van der Waals surface area contributed by atoms with E-state index in [1.54, 1.807) is 13.3 Å². The van der Waals surface area contributed by atoms with Gasteiger partial charge in [-0.1, -0.05) is 12.1 Å². The molecule has 9 heteroatoms. The topological polar surface area (TPSA) is 111 Å². The van der Waals surface area contributed by atoms with E-state index >= 15 is 0 Å². The van der Waals surface area contributed by atoms with Crippen molar-refractivity contribution in [3.63, 3.8) is 0 Å². The highest BCUT2D eigenvalue weighted by atomic mass is 32.1. The molecule has 3 heterocycles. The first-order valence-corrected chi connectivity index (χ1v) is 7.84. The number of aromatic nitrogens is 5. The van der Waals surface area contributed by atoms with Crippen molar-refractivity contribution in [2.45, 2.75) is 0 Å². The minimum absolute atomic E-state index is 0.0734. The first-order valence-electron chi connectivity index (χ1n) is 6.96. The first kappa shape index (κ1) is 14.4. The van der Waals surface area contributed by atoms with Crippen LogP contribution in [0.4, 0.5) is 5.82 Å². The molecule has 0 saturated heterocycles. The fraction of sp³-hybridized carbons (Fsp3) is 0.0667. The third-order valence-electron chi connectivity index (χ3n) is 3.56. The Kier molecular flexibility index (Phi) is 3.28. The number of anilines is 1. The summed E-state index contributed by atoms with van der Waals surface area (Å²) in [4.78, 5) is 3.97. The van der Waals surface area contributed by atoms with Crippen LogP contribution in [0.1, 0.15) is 0 Å². The van der Waals surface area contributed by atoms with Crippen molar-refractivity contribution in [2.75, 3.05) is 12.8 Å². The Morgan fingerprint density at radius 1 is 1.21 bits per heavy atom. The standard InChI is InChI=1S/C15H12N6O2S/c1-23-9-4-2-8(3-5-9)10-6-17-21-13(16)12(19-20-14(10)21)15-18-11(22)7-24-15/h2-7,22H,16H2,1H3. The molecule has 0 aliphatic rings. The Balaban J connectivity index is 1.84. The van der Waals surface area contributed by atoms with Crippen molar-refractivity contribution in [1.82, 2.24) is 24.8 Å². The predicted molar refractivity (Wildman–Crippen MR) is 90.0 cm³/mol. The number of aromatic hydroxyl groups is 1. The molecule has 1 aromatic carbocycles. The van der Waals surface area contributed by atoms with Gasteiger partial charge in [0.15, 0.2) is 22.2 Å². The Morgan fingerprint density at radius 2 is 2.00 bits per heavy atom. The average Bonchev–Trinajstić information content (AvgIpc) is 3.22. The third-order valence-corrected chi connectivity index (χ3v) is 4.39. The van der Waals surface area contributed by atoms with E-state index in [1.165, 1.54) is 21.2 Å². The van der Waals surface area contributed by atoms with E-state index in [9.17, 15) is 5.11 Å². The van der Waals surface area contributed by atoms with Crippen LogP contribution in [0.5, 0.6) is 11.6 Å². The Bertz CT molecular complexity index is 1020. The zero-order valence-corrected chi connectivity index (χ0v) is 13.4. The fourth-order valence-electron chi connectivity index (χ4n) is 2.36. The number of benzene rings is 1. The summed E-state index contributed by atoms with van der Waals surface area (Å²) < 4.78 is 6.68. The molecule has 0 saturated carbocycles. The summed E-state index contributed by atoms with van der Waals surface area (Å²) in [6.07, 6.45) is 1.69. The van der Waals surface area contributed by atoms with E-state index in [-0.39, 0.29) is 5.88 Å². The Labute approximate surface area is 140 Å². The number of nitrogens with zero attached hydrogens (tertiary/aromatic N) is 5. The number of nitrogen functional groups attached to an aromatic ring is 1. The molecule has 3 N–H and O–H groups in total. The first-order chi connectivity index (χ1) is 11.7. The average molecular weight is 340 g/mol. The van der Waals surface area contributed by atoms with Crippen LogP contribution in [0.25, 0.3) is 27.5 Å². The SMILES string of the molecule is COc1ccc(-c2cnn3c(N)c(-c4nc(O)cs4)nnc23)cc1. The van der Waals surface area contributed by atoms with Crippen molar-refractivity contribution in [1.29, 1.82) is 0 Å². The number of ether oxygens (including phenoxy) is 1. The molecule has 0 spiro atoms. The molecular weight excluding hydrogens is 328 g/mol. The summed E-state index contributed by atoms with van der Waals surface area (Å²) in [6, 6.07) is 7.56. The molecule has 3 aromatic heterocycles. The van der Waals surface area contributed by atoms with Crippen LogP contribution >= 0.6 is 11.3 Å². The molecule has 4 rings (SSSR count). The lowest BCUT2D eigenvalue weighted by Crippen LogP contribution is -2.05. The largest absolute Gasteiger partial charge is 0.497 e. The molecule has 0 radical (unpaired) electrons. The van der Waals surface area contributed by atoms with Gasteiger partial charge < -0.3 is 15.6 Å². The van der Waals surface area contributed by atoms with Gasteiger partial charge in [-0.05, 0) is 17.7 Å². The quantitative estimate of drug-likeness (QED) is 0.588. The van der Waals surface area contributed by atoms with Gasteiger partial charge in [0.05, 0.1) is 18.7 Å². The van der Waals surface area contributed by atoms with Gasteiger partial charge in [0.25, 0.3) is 0 Å². The molecule has 0 bridgehead atoms. The monoisotopic (exact) mass is 340 g/mol. The number of hydrogen-bond acceptors (Lipinski definition) is 8. The Hall–Kier alpha value is -3.20. The molecule has 0 atom stereocenters. The second kappa shape index (κ2) is 5.46. The van der Waals surface area contributed by atoms with Crippen molar-refractivity contribution >= 4 is 22.8 Å². The van der Waals surface area contributed by atoms with Gasteiger partial charge in [0.1, 0.15) is 5.75 Å². The summed E-state index contributed by atoms with van der Waals surface area (Å²) in [5.74, 6) is 1.01. The van der Waals surface area contributed by atoms with Crippen molar-refractivity contribution in [3.8, 4) is 33.5 Å². The number of thiazole rings is 1. The molecule has 4 aromatic rings. The molecular formula is C15H12N6O2S.